The van der Waals surface area contributed by atoms with Gasteiger partial charge in [-0.05, 0) is 40.5 Å². The summed E-state index contributed by atoms with van der Waals surface area (Å²) in [6.45, 7) is 10.7. The Kier molecular flexibility index (Phi) is 13.9. The minimum Gasteiger partial charge on any atom is -0.379 e. The monoisotopic (exact) mass is 303 g/mol. The summed E-state index contributed by atoms with van der Waals surface area (Å²) in [4.78, 5) is 11.3. The number of hydrogen-bond acceptors (Lipinski definition) is 4. The van der Waals surface area contributed by atoms with Gasteiger partial charge in [-0.15, -0.1) is 0 Å². The molecule has 0 aromatic heterocycles. The Labute approximate surface area is 129 Å². The van der Waals surface area contributed by atoms with Crippen LogP contribution in [0.25, 0.3) is 0 Å². The van der Waals surface area contributed by atoms with Crippen LogP contribution in [0.3, 0.4) is 0 Å². The van der Waals surface area contributed by atoms with Crippen LogP contribution in [-0.4, -0.2) is 51.1 Å². The van der Waals surface area contributed by atoms with Crippen LogP contribution >= 0.6 is 0 Å². The fraction of sp³-hybridized carbons (Fsp3) is 0.938. The van der Waals surface area contributed by atoms with Gasteiger partial charge in [0, 0.05) is 19.3 Å². The average molecular weight is 303 g/mol. The maximum Gasteiger partial charge on any atom is 0.246 e. The summed E-state index contributed by atoms with van der Waals surface area (Å²) in [5, 5.41) is 2.77. The Morgan fingerprint density at radius 3 is 2.10 bits per heavy atom. The van der Waals surface area contributed by atoms with Crippen LogP contribution in [0.2, 0.25) is 0 Å². The standard InChI is InChI=1S/C16H33NO4/c1-14(2)17-16(18)13-20-12-11-19-9-7-5-6-8-10-21-15(3)4/h14-15H,5-13H2,1-4H3,(H,17,18). The molecule has 0 aliphatic heterocycles. The summed E-state index contributed by atoms with van der Waals surface area (Å²) in [6.07, 6.45) is 4.86. The van der Waals surface area contributed by atoms with Crippen molar-refractivity contribution in [2.45, 2.75) is 65.5 Å². The largest absolute Gasteiger partial charge is 0.379 e. The van der Waals surface area contributed by atoms with Crippen molar-refractivity contribution in [1.29, 1.82) is 0 Å². The van der Waals surface area contributed by atoms with Crippen molar-refractivity contribution < 1.29 is 19.0 Å². The summed E-state index contributed by atoms with van der Waals surface area (Å²) in [7, 11) is 0. The zero-order valence-electron chi connectivity index (χ0n) is 14.2. The second-order valence-corrected chi connectivity index (χ2v) is 5.72. The van der Waals surface area contributed by atoms with Gasteiger partial charge in [0.05, 0.1) is 19.3 Å². The van der Waals surface area contributed by atoms with E-state index >= 15 is 0 Å². The number of carbonyl (C=O) groups excluding carboxylic acids is 1. The number of hydrogen-bond donors (Lipinski definition) is 1. The third-order valence-electron chi connectivity index (χ3n) is 2.69. The van der Waals surface area contributed by atoms with Crippen molar-refractivity contribution in [2.24, 2.45) is 0 Å². The van der Waals surface area contributed by atoms with Gasteiger partial charge >= 0.3 is 0 Å². The molecule has 5 nitrogen and oxygen atoms in total. The Balaban J connectivity index is 3.11. The summed E-state index contributed by atoms with van der Waals surface area (Å²) >= 11 is 0. The lowest BCUT2D eigenvalue weighted by Crippen LogP contribution is -2.33. The first kappa shape index (κ1) is 20.3. The van der Waals surface area contributed by atoms with Crippen LogP contribution in [0, 0.1) is 0 Å². The molecule has 1 amide bonds. The molecule has 0 spiro atoms. The molecule has 5 heteroatoms. The lowest BCUT2D eigenvalue weighted by atomic mass is 10.2. The molecule has 0 rings (SSSR count). The van der Waals surface area contributed by atoms with Gasteiger partial charge in [0.1, 0.15) is 6.61 Å². The van der Waals surface area contributed by atoms with Crippen LogP contribution in [0.15, 0.2) is 0 Å². The highest BCUT2D eigenvalue weighted by Crippen LogP contribution is 2.01. The van der Waals surface area contributed by atoms with Crippen molar-refractivity contribution in [1.82, 2.24) is 5.32 Å². The highest BCUT2D eigenvalue weighted by atomic mass is 16.5. The number of amides is 1. The van der Waals surface area contributed by atoms with E-state index in [0.717, 1.165) is 26.1 Å². The lowest BCUT2D eigenvalue weighted by molar-refractivity contribution is -0.126. The fourth-order valence-electron chi connectivity index (χ4n) is 1.73. The molecule has 0 aliphatic carbocycles. The first-order valence-corrected chi connectivity index (χ1v) is 8.08. The van der Waals surface area contributed by atoms with Crippen LogP contribution in [0.4, 0.5) is 0 Å². The number of rotatable bonds is 14. The molecule has 21 heavy (non-hydrogen) atoms. The molecule has 1 N–H and O–H groups in total. The molecule has 0 aromatic rings. The lowest BCUT2D eigenvalue weighted by Gasteiger charge is -2.09. The van der Waals surface area contributed by atoms with Gasteiger partial charge < -0.3 is 19.5 Å². The molecule has 0 heterocycles. The average Bonchev–Trinajstić information content (AvgIpc) is 2.38. The van der Waals surface area contributed by atoms with Gasteiger partial charge in [-0.3, -0.25) is 4.79 Å². The van der Waals surface area contributed by atoms with E-state index in [0.29, 0.717) is 19.3 Å². The third-order valence-corrected chi connectivity index (χ3v) is 2.69. The van der Waals surface area contributed by atoms with E-state index in [1.807, 2.05) is 13.8 Å². The van der Waals surface area contributed by atoms with Gasteiger partial charge in [-0.2, -0.15) is 0 Å². The quantitative estimate of drug-likeness (QED) is 0.501. The second-order valence-electron chi connectivity index (χ2n) is 5.72. The molecular weight excluding hydrogens is 270 g/mol. The van der Waals surface area contributed by atoms with E-state index in [4.69, 9.17) is 14.2 Å². The maximum absolute atomic E-state index is 11.3. The topological polar surface area (TPSA) is 56.8 Å². The summed E-state index contributed by atoms with van der Waals surface area (Å²) in [6, 6.07) is 0.156. The van der Waals surface area contributed by atoms with Gasteiger partial charge in [0.15, 0.2) is 0 Å². The Hall–Kier alpha value is -0.650. The van der Waals surface area contributed by atoms with Crippen LogP contribution in [0.5, 0.6) is 0 Å². The third kappa shape index (κ3) is 17.3. The van der Waals surface area contributed by atoms with Crippen molar-refractivity contribution >= 4 is 5.91 Å². The zero-order valence-corrected chi connectivity index (χ0v) is 14.2. The predicted octanol–water partition coefficient (Wildman–Crippen LogP) is 2.53. The van der Waals surface area contributed by atoms with Crippen molar-refractivity contribution in [3.05, 3.63) is 0 Å². The SMILES string of the molecule is CC(C)NC(=O)COCCOCCCCCCOC(C)C. The normalized spacial score (nSPS) is 11.3. The number of nitrogens with one attached hydrogen (secondary N) is 1. The van der Waals surface area contributed by atoms with E-state index in [-0.39, 0.29) is 18.6 Å². The molecule has 126 valence electrons. The van der Waals surface area contributed by atoms with Crippen molar-refractivity contribution in [2.75, 3.05) is 33.0 Å². The molecular formula is C16H33NO4. The minimum atomic E-state index is -0.0754. The highest BCUT2D eigenvalue weighted by Gasteiger charge is 2.02. The summed E-state index contributed by atoms with van der Waals surface area (Å²) in [5.74, 6) is -0.0754. The Bertz CT molecular complexity index is 244. The molecule has 0 aliphatic rings. The molecule has 0 bridgehead atoms. The summed E-state index contributed by atoms with van der Waals surface area (Å²) in [5.41, 5.74) is 0. The van der Waals surface area contributed by atoms with Crippen molar-refractivity contribution in [3.63, 3.8) is 0 Å². The van der Waals surface area contributed by atoms with E-state index < -0.39 is 0 Å². The molecule has 0 fully saturated rings. The second kappa shape index (κ2) is 14.3. The molecule has 0 radical (unpaired) electrons. The van der Waals surface area contributed by atoms with E-state index in [1.165, 1.54) is 12.8 Å². The first-order valence-electron chi connectivity index (χ1n) is 8.08. The van der Waals surface area contributed by atoms with Gasteiger partial charge in [-0.25, -0.2) is 0 Å². The smallest absolute Gasteiger partial charge is 0.246 e. The minimum absolute atomic E-state index is 0.0754. The molecule has 0 unspecified atom stereocenters. The summed E-state index contributed by atoms with van der Waals surface area (Å²) < 4.78 is 16.2. The van der Waals surface area contributed by atoms with Crippen LogP contribution in [0.1, 0.15) is 53.4 Å². The van der Waals surface area contributed by atoms with Gasteiger partial charge in [0.2, 0.25) is 5.91 Å². The first-order chi connectivity index (χ1) is 10.0. The highest BCUT2D eigenvalue weighted by molar-refractivity contribution is 5.77. The van der Waals surface area contributed by atoms with Crippen LogP contribution < -0.4 is 5.32 Å². The molecule has 0 saturated carbocycles. The van der Waals surface area contributed by atoms with E-state index in [1.54, 1.807) is 0 Å². The molecule has 0 saturated heterocycles. The van der Waals surface area contributed by atoms with E-state index in [9.17, 15) is 4.79 Å². The predicted molar refractivity (Wildman–Crippen MR) is 84.5 cm³/mol. The fourth-order valence-corrected chi connectivity index (χ4v) is 1.73. The van der Waals surface area contributed by atoms with Crippen LogP contribution in [-0.2, 0) is 19.0 Å². The van der Waals surface area contributed by atoms with E-state index in [2.05, 4.69) is 19.2 Å². The molecule has 0 aromatic carbocycles. The van der Waals surface area contributed by atoms with Crippen molar-refractivity contribution in [3.8, 4) is 0 Å². The number of carbonyl (C=O) groups is 1. The Morgan fingerprint density at radius 2 is 1.48 bits per heavy atom. The Morgan fingerprint density at radius 1 is 0.857 bits per heavy atom. The zero-order chi connectivity index (χ0) is 15.9. The number of ether oxygens (including phenoxy) is 3. The maximum atomic E-state index is 11.3. The van der Waals surface area contributed by atoms with Gasteiger partial charge in [0.25, 0.3) is 0 Å². The van der Waals surface area contributed by atoms with Gasteiger partial charge in [-0.1, -0.05) is 12.8 Å². The molecule has 0 atom stereocenters. The number of unbranched alkanes of at least 4 members (excludes halogenated alkanes) is 3.